The molecule has 0 aromatic heterocycles. The van der Waals surface area contributed by atoms with Gasteiger partial charge in [-0.25, -0.2) is 0 Å². The smallest absolute Gasteiger partial charge is 0.311 e. The molecule has 66 heavy (non-hydrogen) atoms. The molecule has 4 fully saturated rings. The van der Waals surface area contributed by atoms with Crippen molar-refractivity contribution in [2.24, 2.45) is 17.8 Å². The molecule has 4 heterocycles. The normalized spacial score (nSPS) is 43.0. The number of rotatable bonds is 11. The highest BCUT2D eigenvalue weighted by molar-refractivity contribution is 5.73. The lowest BCUT2D eigenvalue weighted by atomic mass is 9.77. The molecule has 18 nitrogen and oxygen atoms in total. The summed E-state index contributed by atoms with van der Waals surface area (Å²) in [5, 5.41) is 12.4. The van der Waals surface area contributed by atoms with Gasteiger partial charge in [0.15, 0.2) is 18.7 Å². The van der Waals surface area contributed by atoms with E-state index in [-0.39, 0.29) is 43.4 Å². The van der Waals surface area contributed by atoms with E-state index < -0.39 is 108 Å². The second-order valence-electron chi connectivity index (χ2n) is 20.5. The summed E-state index contributed by atoms with van der Waals surface area (Å²) >= 11 is 0. The first-order valence-corrected chi connectivity index (χ1v) is 24.0. The van der Waals surface area contributed by atoms with Crippen LogP contribution in [0.3, 0.4) is 0 Å². The Morgan fingerprint density at radius 1 is 0.848 bits per heavy atom. The topological polar surface area (TPSA) is 191 Å². The number of hydrogen-bond donors (Lipinski definition) is 1. The van der Waals surface area contributed by atoms with Gasteiger partial charge in [-0.2, -0.15) is 0 Å². The van der Waals surface area contributed by atoms with Gasteiger partial charge in [-0.15, -0.1) is 0 Å². The molecule has 4 saturated heterocycles. The zero-order chi connectivity index (χ0) is 49.6. The SMILES string of the molecule is CC[C@H]1OC(=O)[C@H](C)[C@@H](O[C@H]2C[C@@](C)(OC)[C@@H](OC(C)=O)[C@H](C)O2)[C@H](C)[C@@H](O[C@@H]2O[C@H](C)C[C@@H](N3CCOCC3)[C@@H]2N(C)C)[C@@](C)(OC(C)=O)C[C@@H](C)CN(C)[C@H](C)[C@@H](OC(C)=O)[C@]1(C)O. The molecule has 382 valence electrons. The van der Waals surface area contributed by atoms with Crippen molar-refractivity contribution >= 4 is 23.9 Å². The van der Waals surface area contributed by atoms with Crippen LogP contribution in [0, 0.1) is 17.8 Å². The number of esters is 4. The van der Waals surface area contributed by atoms with Gasteiger partial charge in [0.25, 0.3) is 0 Å². The molecule has 4 rings (SSSR count). The Morgan fingerprint density at radius 3 is 2.00 bits per heavy atom. The van der Waals surface area contributed by atoms with E-state index in [0.717, 1.165) is 19.5 Å². The quantitative estimate of drug-likeness (QED) is 0.231. The Balaban J connectivity index is 1.96. The third kappa shape index (κ3) is 13.4. The van der Waals surface area contributed by atoms with Gasteiger partial charge < -0.3 is 57.4 Å². The Hall–Kier alpha value is -2.52. The molecule has 0 aromatic rings. The Labute approximate surface area is 394 Å². The minimum absolute atomic E-state index is 0.0307. The van der Waals surface area contributed by atoms with Crippen LogP contribution in [0.25, 0.3) is 0 Å². The monoisotopic (exact) mass is 944 g/mol. The number of methoxy groups -OCH3 is 1. The van der Waals surface area contributed by atoms with Crippen LogP contribution in [-0.2, 0) is 66.5 Å². The molecular formula is C48H85N3O15. The van der Waals surface area contributed by atoms with E-state index in [1.165, 1.54) is 34.8 Å². The molecule has 4 aliphatic rings. The van der Waals surface area contributed by atoms with Crippen molar-refractivity contribution in [2.75, 3.05) is 61.1 Å². The van der Waals surface area contributed by atoms with E-state index in [2.05, 4.69) is 9.80 Å². The van der Waals surface area contributed by atoms with E-state index in [1.54, 1.807) is 20.8 Å². The van der Waals surface area contributed by atoms with Crippen molar-refractivity contribution in [2.45, 2.75) is 206 Å². The van der Waals surface area contributed by atoms with Gasteiger partial charge in [0.05, 0.1) is 43.5 Å². The molecule has 0 bridgehead atoms. The lowest BCUT2D eigenvalue weighted by molar-refractivity contribution is -0.315. The molecule has 0 radical (unpaired) electrons. The predicted octanol–water partition coefficient (Wildman–Crippen LogP) is 3.95. The van der Waals surface area contributed by atoms with Gasteiger partial charge in [0.2, 0.25) is 0 Å². The lowest BCUT2D eigenvalue weighted by Crippen LogP contribution is -2.65. The first-order chi connectivity index (χ1) is 30.7. The number of morpholine rings is 1. The predicted molar refractivity (Wildman–Crippen MR) is 243 cm³/mol. The molecular weight excluding hydrogens is 859 g/mol. The zero-order valence-electron chi connectivity index (χ0n) is 43.0. The maximum Gasteiger partial charge on any atom is 0.311 e. The fraction of sp³-hybridized carbons (Fsp3) is 0.917. The highest BCUT2D eigenvalue weighted by atomic mass is 16.7. The van der Waals surface area contributed by atoms with E-state index >= 15 is 0 Å². The molecule has 18 heteroatoms. The number of aliphatic hydroxyl groups is 1. The van der Waals surface area contributed by atoms with Crippen molar-refractivity contribution in [3.05, 3.63) is 0 Å². The number of ether oxygens (including phenoxy) is 10. The fourth-order valence-corrected chi connectivity index (χ4v) is 11.3. The maximum absolute atomic E-state index is 14.9. The summed E-state index contributed by atoms with van der Waals surface area (Å²) in [6.07, 6.45) is -6.47. The van der Waals surface area contributed by atoms with E-state index in [0.29, 0.717) is 19.8 Å². The third-order valence-corrected chi connectivity index (χ3v) is 14.5. The number of nitrogens with zero attached hydrogens (tertiary/aromatic N) is 3. The minimum Gasteiger partial charge on any atom is -0.459 e. The number of likely N-dealkylation sites (N-methyl/N-ethyl adjacent to an activating group) is 2. The van der Waals surface area contributed by atoms with Crippen LogP contribution in [-0.4, -0.2) is 195 Å². The number of hydrogen-bond acceptors (Lipinski definition) is 18. The largest absolute Gasteiger partial charge is 0.459 e. The van der Waals surface area contributed by atoms with Gasteiger partial charge in [0, 0.05) is 71.9 Å². The van der Waals surface area contributed by atoms with Crippen LogP contribution < -0.4 is 0 Å². The first kappa shape index (κ1) is 56.1. The van der Waals surface area contributed by atoms with Crippen LogP contribution in [0.2, 0.25) is 0 Å². The van der Waals surface area contributed by atoms with Gasteiger partial charge >= 0.3 is 23.9 Å². The van der Waals surface area contributed by atoms with Crippen LogP contribution >= 0.6 is 0 Å². The third-order valence-electron chi connectivity index (χ3n) is 14.5. The van der Waals surface area contributed by atoms with Gasteiger partial charge in [0.1, 0.15) is 35.1 Å². The summed E-state index contributed by atoms with van der Waals surface area (Å²) in [5.74, 6) is -4.34. The Kier molecular flexibility index (Phi) is 19.9. The lowest BCUT2D eigenvalue weighted by Gasteiger charge is -2.52. The molecule has 0 spiro atoms. The van der Waals surface area contributed by atoms with Gasteiger partial charge in [-0.1, -0.05) is 20.8 Å². The summed E-state index contributed by atoms with van der Waals surface area (Å²) < 4.78 is 63.9. The Bertz CT molecular complexity index is 1610. The molecule has 4 aliphatic heterocycles. The maximum atomic E-state index is 14.9. The molecule has 0 unspecified atom stereocenters. The molecule has 1 N–H and O–H groups in total. The van der Waals surface area contributed by atoms with Gasteiger partial charge in [-0.3, -0.25) is 29.0 Å². The Morgan fingerprint density at radius 2 is 1.45 bits per heavy atom. The minimum atomic E-state index is -1.84. The van der Waals surface area contributed by atoms with Crippen molar-refractivity contribution < 1.29 is 71.7 Å². The van der Waals surface area contributed by atoms with E-state index in [9.17, 15) is 24.3 Å². The molecule has 18 atom stereocenters. The number of cyclic esters (lactones) is 1. The van der Waals surface area contributed by atoms with Crippen molar-refractivity contribution in [1.82, 2.24) is 14.7 Å². The van der Waals surface area contributed by atoms with Crippen LogP contribution in [0.4, 0.5) is 0 Å². The standard InChI is InChI=1S/C48H85N3O15/c1-18-37-48(13,56)42(61-33(8)52)31(6)50(16)26-27(2)24-47(12,66-35(10)54)41(65-45-39(49(14)15)36(23-28(3)59-45)51-19-21-58-22-20-51)29(4)40(30(5)44(55)63-37)64-38-25-46(11,57-17)43(32(7)60-38)62-34(9)53/h27-32,36-43,45,56H,18-26H2,1-17H3/t27-,28-,29+,30-,31-,32+,36-,37-,38+,39+,40+,41-,42-,43+,45+,46-,47+,48-/m1/s1. The second-order valence-corrected chi connectivity index (χ2v) is 20.5. The summed E-state index contributed by atoms with van der Waals surface area (Å²) in [6.45, 7) is 25.4. The van der Waals surface area contributed by atoms with Crippen LogP contribution in [0.1, 0.15) is 116 Å². The number of carbonyl (C=O) groups excluding carboxylic acids is 4. The second kappa shape index (κ2) is 23.4. The molecule has 0 aliphatic carbocycles. The highest BCUT2D eigenvalue weighted by Gasteiger charge is 2.55. The van der Waals surface area contributed by atoms with Crippen LogP contribution in [0.15, 0.2) is 0 Å². The highest BCUT2D eigenvalue weighted by Crippen LogP contribution is 2.42. The summed E-state index contributed by atoms with van der Waals surface area (Å²) in [5.41, 5.74) is -4.27. The van der Waals surface area contributed by atoms with Crippen molar-refractivity contribution in [3.8, 4) is 0 Å². The van der Waals surface area contributed by atoms with E-state index in [1.807, 2.05) is 67.6 Å². The summed E-state index contributed by atoms with van der Waals surface area (Å²) in [7, 11) is 7.41. The molecule has 0 saturated carbocycles. The van der Waals surface area contributed by atoms with Crippen molar-refractivity contribution in [1.29, 1.82) is 0 Å². The zero-order valence-corrected chi connectivity index (χ0v) is 43.0. The average Bonchev–Trinajstić information content (AvgIpc) is 3.22. The first-order valence-electron chi connectivity index (χ1n) is 24.0. The van der Waals surface area contributed by atoms with Crippen molar-refractivity contribution in [3.63, 3.8) is 0 Å². The number of carbonyl (C=O) groups is 4. The van der Waals surface area contributed by atoms with E-state index in [4.69, 9.17) is 47.4 Å². The fourth-order valence-electron chi connectivity index (χ4n) is 11.3. The van der Waals surface area contributed by atoms with Gasteiger partial charge in [-0.05, 0) is 94.8 Å². The summed E-state index contributed by atoms with van der Waals surface area (Å²) in [6, 6.07) is -0.803. The molecule has 0 aromatic carbocycles. The summed E-state index contributed by atoms with van der Waals surface area (Å²) in [4.78, 5) is 59.8. The van der Waals surface area contributed by atoms with Crippen LogP contribution in [0.5, 0.6) is 0 Å². The average molecular weight is 944 g/mol. The molecule has 0 amide bonds.